The summed E-state index contributed by atoms with van der Waals surface area (Å²) in [6, 6.07) is 3.83. The lowest BCUT2D eigenvalue weighted by molar-refractivity contribution is -0.159. The lowest BCUT2D eigenvalue weighted by Crippen LogP contribution is -2.25. The molecule has 0 spiro atoms. The second kappa shape index (κ2) is 6.81. The number of alkyl halides is 3. The van der Waals surface area contributed by atoms with Crippen LogP contribution in [0.4, 0.5) is 17.6 Å². The van der Waals surface area contributed by atoms with Crippen molar-refractivity contribution in [2.75, 3.05) is 6.54 Å². The summed E-state index contributed by atoms with van der Waals surface area (Å²) in [4.78, 5) is 14.9. The van der Waals surface area contributed by atoms with E-state index in [1.165, 1.54) is 12.1 Å². The van der Waals surface area contributed by atoms with Crippen LogP contribution in [0.1, 0.15) is 30.7 Å². The van der Waals surface area contributed by atoms with Crippen molar-refractivity contribution in [2.45, 2.75) is 31.9 Å². The minimum Gasteiger partial charge on any atom is -0.356 e. The van der Waals surface area contributed by atoms with Crippen LogP contribution in [-0.4, -0.2) is 22.6 Å². The SMILES string of the molecule is O=C(CCc1ccc(-c2noc(C(F)(F)F)n2)cc1F)NCC1CC1. The van der Waals surface area contributed by atoms with E-state index in [1.807, 2.05) is 0 Å². The molecule has 0 bridgehead atoms. The van der Waals surface area contributed by atoms with E-state index in [9.17, 15) is 22.4 Å². The molecule has 5 nitrogen and oxygen atoms in total. The maximum atomic E-state index is 14.1. The van der Waals surface area contributed by atoms with Crippen LogP contribution in [-0.2, 0) is 17.4 Å². The van der Waals surface area contributed by atoms with Gasteiger partial charge in [-0.05, 0) is 36.8 Å². The number of nitrogens with one attached hydrogen (secondary N) is 1. The number of amides is 1. The third-order valence-electron chi connectivity index (χ3n) is 3.89. The van der Waals surface area contributed by atoms with Gasteiger partial charge in [0.25, 0.3) is 0 Å². The Labute approximate surface area is 140 Å². The molecule has 1 fully saturated rings. The Morgan fingerprint density at radius 2 is 2.08 bits per heavy atom. The summed E-state index contributed by atoms with van der Waals surface area (Å²) >= 11 is 0. The lowest BCUT2D eigenvalue weighted by atomic mass is 10.1. The maximum absolute atomic E-state index is 14.1. The smallest absolute Gasteiger partial charge is 0.356 e. The van der Waals surface area contributed by atoms with Crippen molar-refractivity contribution in [3.05, 3.63) is 35.5 Å². The molecule has 134 valence electrons. The fourth-order valence-electron chi connectivity index (χ4n) is 2.26. The first-order valence-electron chi connectivity index (χ1n) is 7.79. The molecule has 1 aromatic heterocycles. The van der Waals surface area contributed by atoms with E-state index >= 15 is 0 Å². The Hall–Kier alpha value is -2.45. The molecule has 2 aromatic rings. The Morgan fingerprint density at radius 3 is 2.68 bits per heavy atom. The van der Waals surface area contributed by atoms with Gasteiger partial charge in [-0.1, -0.05) is 17.3 Å². The molecule has 1 amide bonds. The summed E-state index contributed by atoms with van der Waals surface area (Å²) in [5.74, 6) is -2.05. The number of aryl methyl sites for hydroxylation is 1. The quantitative estimate of drug-likeness (QED) is 0.805. The van der Waals surface area contributed by atoms with E-state index < -0.39 is 17.9 Å². The second-order valence-corrected chi connectivity index (χ2v) is 5.97. The molecule has 1 aliphatic rings. The van der Waals surface area contributed by atoms with Crippen LogP contribution in [0.2, 0.25) is 0 Å². The summed E-state index contributed by atoms with van der Waals surface area (Å²) in [5, 5.41) is 6.00. The van der Waals surface area contributed by atoms with Crippen molar-refractivity contribution in [1.29, 1.82) is 0 Å². The van der Waals surface area contributed by atoms with Crippen LogP contribution in [0.15, 0.2) is 22.7 Å². The number of aromatic nitrogens is 2. The molecular formula is C16H15F4N3O2. The molecule has 25 heavy (non-hydrogen) atoms. The highest BCUT2D eigenvalue weighted by molar-refractivity contribution is 5.76. The Bertz CT molecular complexity index is 769. The molecule has 0 unspecified atom stereocenters. The highest BCUT2D eigenvalue weighted by atomic mass is 19.4. The second-order valence-electron chi connectivity index (χ2n) is 5.97. The molecule has 0 saturated heterocycles. The molecule has 1 heterocycles. The van der Waals surface area contributed by atoms with Gasteiger partial charge < -0.3 is 9.84 Å². The molecule has 1 saturated carbocycles. The number of carbonyl (C=O) groups excluding carboxylic acids is 1. The molecule has 9 heteroatoms. The molecule has 0 radical (unpaired) electrons. The van der Waals surface area contributed by atoms with Crippen molar-refractivity contribution in [1.82, 2.24) is 15.5 Å². The maximum Gasteiger partial charge on any atom is 0.471 e. The zero-order valence-corrected chi connectivity index (χ0v) is 13.1. The van der Waals surface area contributed by atoms with E-state index in [1.54, 1.807) is 0 Å². The summed E-state index contributed by atoms with van der Waals surface area (Å²) in [6.45, 7) is 0.652. The van der Waals surface area contributed by atoms with Crippen LogP contribution >= 0.6 is 0 Å². The minimum atomic E-state index is -4.75. The zero-order chi connectivity index (χ0) is 18.0. The summed E-state index contributed by atoms with van der Waals surface area (Å²) in [6.07, 6.45) is -2.16. The normalized spacial score (nSPS) is 14.6. The number of hydrogen-bond donors (Lipinski definition) is 1. The molecule has 3 rings (SSSR count). The first kappa shape index (κ1) is 17.4. The van der Waals surface area contributed by atoms with E-state index in [4.69, 9.17) is 0 Å². The van der Waals surface area contributed by atoms with Gasteiger partial charge in [-0.3, -0.25) is 4.79 Å². The van der Waals surface area contributed by atoms with Crippen LogP contribution in [0.25, 0.3) is 11.4 Å². The Morgan fingerprint density at radius 1 is 1.32 bits per heavy atom. The standard InChI is InChI=1S/C16H15F4N3O2/c17-12-7-11(14-22-15(25-23-14)16(18,19)20)4-3-10(12)5-6-13(24)21-8-9-1-2-9/h3-4,7,9H,1-2,5-6,8H2,(H,21,24). The van der Waals surface area contributed by atoms with Crippen molar-refractivity contribution < 1.29 is 26.9 Å². The minimum absolute atomic E-state index is 0.0682. The predicted molar refractivity (Wildman–Crippen MR) is 78.7 cm³/mol. The van der Waals surface area contributed by atoms with Gasteiger partial charge in [0.1, 0.15) is 5.82 Å². The fraction of sp³-hybridized carbons (Fsp3) is 0.438. The lowest BCUT2D eigenvalue weighted by Gasteiger charge is -2.06. The third kappa shape index (κ3) is 4.55. The van der Waals surface area contributed by atoms with E-state index in [-0.39, 0.29) is 30.1 Å². The third-order valence-corrected chi connectivity index (χ3v) is 3.89. The van der Waals surface area contributed by atoms with Gasteiger partial charge in [-0.25, -0.2) is 4.39 Å². The van der Waals surface area contributed by atoms with E-state index in [2.05, 4.69) is 20.0 Å². The van der Waals surface area contributed by atoms with Crippen molar-refractivity contribution in [3.63, 3.8) is 0 Å². The average molecular weight is 357 g/mol. The van der Waals surface area contributed by atoms with Gasteiger partial charge in [0.15, 0.2) is 0 Å². The monoisotopic (exact) mass is 357 g/mol. The first-order valence-corrected chi connectivity index (χ1v) is 7.79. The molecule has 1 aromatic carbocycles. The van der Waals surface area contributed by atoms with Gasteiger partial charge >= 0.3 is 12.1 Å². The average Bonchev–Trinajstić information content (AvgIpc) is 3.23. The predicted octanol–water partition coefficient (Wildman–Crippen LogP) is 3.35. The summed E-state index contributed by atoms with van der Waals surface area (Å²) in [5.41, 5.74) is 0.364. The molecular weight excluding hydrogens is 342 g/mol. The fourth-order valence-corrected chi connectivity index (χ4v) is 2.26. The molecule has 1 N–H and O–H groups in total. The number of halogens is 4. The van der Waals surface area contributed by atoms with Gasteiger partial charge in [-0.15, -0.1) is 0 Å². The Balaban J connectivity index is 1.62. The molecule has 0 atom stereocenters. The summed E-state index contributed by atoms with van der Waals surface area (Å²) < 4.78 is 55.6. The van der Waals surface area contributed by atoms with Crippen molar-refractivity contribution in [2.24, 2.45) is 5.92 Å². The Kier molecular flexibility index (Phi) is 4.73. The van der Waals surface area contributed by atoms with Crippen LogP contribution in [0.5, 0.6) is 0 Å². The highest BCUT2D eigenvalue weighted by Crippen LogP contribution is 2.30. The zero-order valence-electron chi connectivity index (χ0n) is 13.1. The van der Waals surface area contributed by atoms with Gasteiger partial charge in [0, 0.05) is 18.5 Å². The first-order chi connectivity index (χ1) is 11.8. The molecule has 0 aliphatic heterocycles. The number of carbonyl (C=O) groups is 1. The number of rotatable bonds is 6. The van der Waals surface area contributed by atoms with Crippen molar-refractivity contribution in [3.8, 4) is 11.4 Å². The van der Waals surface area contributed by atoms with E-state index in [0.29, 0.717) is 18.0 Å². The van der Waals surface area contributed by atoms with Crippen LogP contribution < -0.4 is 5.32 Å². The number of benzene rings is 1. The number of hydrogen-bond acceptors (Lipinski definition) is 4. The largest absolute Gasteiger partial charge is 0.471 e. The number of nitrogens with zero attached hydrogens (tertiary/aromatic N) is 2. The van der Waals surface area contributed by atoms with E-state index in [0.717, 1.165) is 18.9 Å². The topological polar surface area (TPSA) is 68.0 Å². The van der Waals surface area contributed by atoms with Crippen LogP contribution in [0.3, 0.4) is 0 Å². The van der Waals surface area contributed by atoms with Gasteiger partial charge in [-0.2, -0.15) is 18.2 Å². The van der Waals surface area contributed by atoms with Crippen molar-refractivity contribution >= 4 is 5.91 Å². The highest BCUT2D eigenvalue weighted by Gasteiger charge is 2.38. The van der Waals surface area contributed by atoms with Crippen LogP contribution in [0, 0.1) is 11.7 Å². The molecule has 1 aliphatic carbocycles. The van der Waals surface area contributed by atoms with Gasteiger partial charge in [0.2, 0.25) is 11.7 Å². The summed E-state index contributed by atoms with van der Waals surface area (Å²) in [7, 11) is 0. The van der Waals surface area contributed by atoms with Gasteiger partial charge in [0.05, 0.1) is 0 Å².